The average molecular weight is 1160 g/mol. The number of nitrogens with zero attached hydrogens (tertiary/aromatic N) is 4. The number of rotatable bonds is 7. The number of aryl methyl sites for hydroxylation is 2. The first kappa shape index (κ1) is 46.3. The van der Waals surface area contributed by atoms with Gasteiger partial charge >= 0.3 is 0 Å². The second-order valence-electron chi connectivity index (χ2n) is 20.1. The Morgan fingerprint density at radius 2 is 0.948 bits per heavy atom. The maximum absolute atomic E-state index is 6.49. The smallest absolute Gasteiger partial charge is 0.167 e. The molecule has 0 aliphatic heterocycles. The molecule has 13 aromatic rings. The van der Waals surface area contributed by atoms with Gasteiger partial charge in [-0.1, -0.05) is 234 Å². The maximum Gasteiger partial charge on any atom is 0.167 e. The molecule has 0 fully saturated rings. The van der Waals surface area contributed by atoms with Crippen LogP contribution in [-0.2, 0) is 25.5 Å². The predicted octanol–water partition coefficient (Wildman–Crippen LogP) is 17.6. The maximum atomic E-state index is 6.49. The third-order valence-corrected chi connectivity index (χ3v) is 15.6. The number of furan rings is 1. The fraction of sp³-hybridized carbons (Fsp3) is 0.0423. The van der Waals surface area contributed by atoms with Gasteiger partial charge in [-0.25, -0.2) is 15.0 Å². The number of benzene rings is 10. The third kappa shape index (κ3) is 7.24. The van der Waals surface area contributed by atoms with Gasteiger partial charge in [0.25, 0.3) is 0 Å². The number of aromatic nitrogens is 4. The van der Waals surface area contributed by atoms with Crippen molar-refractivity contribution in [3.63, 3.8) is 0 Å². The predicted molar refractivity (Wildman–Crippen MR) is 308 cm³/mol. The van der Waals surface area contributed by atoms with E-state index >= 15 is 0 Å². The van der Waals surface area contributed by atoms with Crippen molar-refractivity contribution >= 4 is 21.9 Å². The van der Waals surface area contributed by atoms with E-state index in [0.717, 1.165) is 72.1 Å². The van der Waals surface area contributed by atoms with Crippen molar-refractivity contribution in [3.05, 3.63) is 276 Å². The van der Waals surface area contributed by atoms with Crippen LogP contribution in [0.2, 0.25) is 0 Å². The Labute approximate surface area is 460 Å². The van der Waals surface area contributed by atoms with Crippen LogP contribution in [0, 0.1) is 19.9 Å². The Kier molecular flexibility index (Phi) is 11.0. The SMILES string of the molecule is Cc1cc(C)cc(-c2ccccc2-c2c[c-]c(-c3ccc(-c4nc(-c5ccccc5)nc(-c5cccc6c5oc5ccccc56)n4)cn3)cc2-c2cccc3c2-c2ccccc2C32c3ccccc3-c3ccccc32)c1.[Ir]. The Morgan fingerprint density at radius 1 is 0.390 bits per heavy atom. The van der Waals surface area contributed by atoms with Crippen LogP contribution in [-0.4, -0.2) is 19.9 Å². The van der Waals surface area contributed by atoms with Gasteiger partial charge in [0.15, 0.2) is 17.5 Å². The van der Waals surface area contributed by atoms with Gasteiger partial charge in [-0.05, 0) is 92.9 Å². The Hall–Kier alpha value is -9.19. The number of pyridine rings is 1. The molecule has 3 heterocycles. The molecule has 3 aromatic heterocycles. The summed E-state index contributed by atoms with van der Waals surface area (Å²) >= 11 is 0. The molecule has 1 radical (unpaired) electrons. The first-order chi connectivity index (χ1) is 37.5. The molecule has 2 aliphatic carbocycles. The molecule has 0 bridgehead atoms. The molecule has 10 aromatic carbocycles. The van der Waals surface area contributed by atoms with E-state index in [0.29, 0.717) is 17.5 Å². The van der Waals surface area contributed by atoms with Crippen LogP contribution in [0.15, 0.2) is 241 Å². The normalized spacial score (nSPS) is 12.5. The van der Waals surface area contributed by atoms with Gasteiger partial charge in [0.2, 0.25) is 0 Å². The van der Waals surface area contributed by atoms with Crippen molar-refractivity contribution in [2.75, 3.05) is 0 Å². The van der Waals surface area contributed by atoms with Gasteiger partial charge in [-0.2, -0.15) is 0 Å². The van der Waals surface area contributed by atoms with Crippen LogP contribution in [0.1, 0.15) is 33.4 Å². The molecule has 0 atom stereocenters. The quantitative estimate of drug-likeness (QED) is 0.149. The standard InChI is InChI=1S/C71H45N4O.Ir/c1-43-38-44(2)40-48(39-43)49-20-6-7-21-50(49)51-36-34-46(41-59(51)55-26-17-32-63-66(55)57-25-10-14-31-62(57)71(63)60-29-12-8-22-52(60)53-23-9-13-30-61(53)71)64-37-35-47(42-72-64)69-73-68(45-18-4-3-5-19-45)74-70(75-69)58-28-16-27-56-54-24-11-15-33-65(54)76-67(56)58;/h3-33,35-42H,1-2H3;/q-1;. The van der Waals surface area contributed by atoms with E-state index in [-0.39, 0.29) is 20.1 Å². The number of fused-ring (bicyclic) bond motifs is 13. The van der Waals surface area contributed by atoms with Crippen molar-refractivity contribution in [1.29, 1.82) is 0 Å². The summed E-state index contributed by atoms with van der Waals surface area (Å²) in [5.74, 6) is 1.60. The van der Waals surface area contributed by atoms with Gasteiger partial charge < -0.3 is 9.40 Å². The van der Waals surface area contributed by atoms with Crippen molar-refractivity contribution in [2.24, 2.45) is 0 Å². The van der Waals surface area contributed by atoms with Crippen LogP contribution in [0.3, 0.4) is 0 Å². The Bertz CT molecular complexity index is 4440. The van der Waals surface area contributed by atoms with Gasteiger partial charge in [-0.3, -0.25) is 0 Å². The molecule has 77 heavy (non-hydrogen) atoms. The van der Waals surface area contributed by atoms with E-state index in [4.69, 9.17) is 24.4 Å². The second kappa shape index (κ2) is 18.3. The van der Waals surface area contributed by atoms with Crippen LogP contribution in [0.4, 0.5) is 0 Å². The van der Waals surface area contributed by atoms with Crippen molar-refractivity contribution < 1.29 is 24.5 Å². The summed E-state index contributed by atoms with van der Waals surface area (Å²) in [6, 6.07) is 86.3. The Morgan fingerprint density at radius 3 is 1.68 bits per heavy atom. The summed E-state index contributed by atoms with van der Waals surface area (Å²) in [6.07, 6.45) is 1.87. The molecule has 1 spiro atoms. The van der Waals surface area contributed by atoms with Crippen LogP contribution >= 0.6 is 0 Å². The first-order valence-electron chi connectivity index (χ1n) is 25.9. The first-order valence-corrected chi connectivity index (χ1v) is 25.9. The topological polar surface area (TPSA) is 64.7 Å². The van der Waals surface area contributed by atoms with E-state index in [9.17, 15) is 0 Å². The van der Waals surface area contributed by atoms with E-state index < -0.39 is 5.41 Å². The fourth-order valence-electron chi connectivity index (χ4n) is 12.5. The van der Waals surface area contributed by atoms with Gasteiger partial charge in [0.1, 0.15) is 11.2 Å². The minimum atomic E-state index is -0.485. The number of para-hydroxylation sites is 2. The molecular weight excluding hydrogens is 1120 g/mol. The zero-order chi connectivity index (χ0) is 50.5. The van der Waals surface area contributed by atoms with E-state index in [1.54, 1.807) is 0 Å². The summed E-state index contributed by atoms with van der Waals surface area (Å²) in [5.41, 5.74) is 24.8. The zero-order valence-electron chi connectivity index (χ0n) is 42.0. The fourth-order valence-corrected chi connectivity index (χ4v) is 12.5. The summed E-state index contributed by atoms with van der Waals surface area (Å²) < 4.78 is 6.49. The second-order valence-corrected chi connectivity index (χ2v) is 20.1. The monoisotopic (exact) mass is 1160 g/mol. The average Bonchev–Trinajstić information content (AvgIpc) is 4.20. The van der Waals surface area contributed by atoms with Crippen molar-refractivity contribution in [2.45, 2.75) is 19.3 Å². The van der Waals surface area contributed by atoms with Crippen LogP contribution in [0.25, 0.3) is 123 Å². The van der Waals surface area contributed by atoms with Gasteiger partial charge in [0, 0.05) is 48.2 Å². The number of hydrogen-bond acceptors (Lipinski definition) is 5. The van der Waals surface area contributed by atoms with E-state index in [1.807, 2.05) is 66.9 Å². The zero-order valence-corrected chi connectivity index (χ0v) is 44.4. The minimum Gasteiger partial charge on any atom is -0.455 e. The molecule has 0 unspecified atom stereocenters. The number of hydrogen-bond donors (Lipinski definition) is 0. The summed E-state index contributed by atoms with van der Waals surface area (Å²) in [5, 5.41) is 2.06. The van der Waals surface area contributed by atoms with Gasteiger partial charge in [-0.15, -0.1) is 23.8 Å². The molecular formula is C71H45IrN4O-. The van der Waals surface area contributed by atoms with E-state index in [1.165, 1.54) is 66.8 Å². The molecule has 0 amide bonds. The summed E-state index contributed by atoms with van der Waals surface area (Å²) in [4.78, 5) is 20.5. The molecule has 0 saturated carbocycles. The molecule has 15 rings (SSSR count). The third-order valence-electron chi connectivity index (χ3n) is 15.6. The van der Waals surface area contributed by atoms with Crippen molar-refractivity contribution in [1.82, 2.24) is 19.9 Å². The summed E-state index contributed by atoms with van der Waals surface area (Å²) in [6.45, 7) is 4.35. The molecule has 5 nitrogen and oxygen atoms in total. The van der Waals surface area contributed by atoms with Crippen molar-refractivity contribution in [3.8, 4) is 101 Å². The minimum absolute atomic E-state index is 0. The largest absolute Gasteiger partial charge is 0.455 e. The van der Waals surface area contributed by atoms with Gasteiger partial charge in [0.05, 0.1) is 11.0 Å². The molecule has 6 heteroatoms. The van der Waals surface area contributed by atoms with E-state index in [2.05, 4.69) is 190 Å². The molecule has 0 N–H and O–H groups in total. The van der Waals surface area contributed by atoms with Crippen LogP contribution in [0.5, 0.6) is 0 Å². The molecule has 0 saturated heterocycles. The molecule has 2 aliphatic rings. The summed E-state index contributed by atoms with van der Waals surface area (Å²) in [7, 11) is 0. The Balaban J connectivity index is 0.00000540. The van der Waals surface area contributed by atoms with Crippen LogP contribution < -0.4 is 0 Å². The molecule has 365 valence electrons.